The van der Waals surface area contributed by atoms with Gasteiger partial charge in [0.25, 0.3) is 0 Å². The molecule has 0 aromatic rings. The topological polar surface area (TPSA) is 38.7 Å². The average Bonchev–Trinajstić information content (AvgIpc) is 1.80. The Morgan fingerprint density at radius 2 is 2.00 bits per heavy atom. The van der Waals surface area contributed by atoms with Crippen molar-refractivity contribution in [3.8, 4) is 0 Å². The van der Waals surface area contributed by atoms with Crippen molar-refractivity contribution in [3.05, 3.63) is 0 Å². The van der Waals surface area contributed by atoms with E-state index in [1.54, 1.807) is 0 Å². The number of hydrogen-bond acceptors (Lipinski definition) is 3. The number of rotatable bonds is 2. The van der Waals surface area contributed by atoms with E-state index in [-0.39, 0.29) is 11.5 Å². The van der Waals surface area contributed by atoms with Gasteiger partial charge in [0.15, 0.2) is 0 Å². The molecule has 0 radical (unpaired) electrons. The van der Waals surface area contributed by atoms with Gasteiger partial charge in [-0.25, -0.2) is 0 Å². The van der Waals surface area contributed by atoms with Gasteiger partial charge in [0.2, 0.25) is 0 Å². The van der Waals surface area contributed by atoms with E-state index in [4.69, 9.17) is 4.84 Å². The van der Waals surface area contributed by atoms with Crippen LogP contribution in [0.1, 0.15) is 27.7 Å². The van der Waals surface area contributed by atoms with Crippen LogP contribution in [0, 0.1) is 5.41 Å². The van der Waals surface area contributed by atoms with Gasteiger partial charge in [-0.3, -0.25) is 4.46 Å². The summed E-state index contributed by atoms with van der Waals surface area (Å²) in [6.45, 7) is 8.03. The minimum atomic E-state index is -0.718. The molecule has 0 saturated heterocycles. The predicted molar refractivity (Wildman–Crippen MR) is 38.9 cm³/mol. The molecule has 0 aromatic carbocycles. The first kappa shape index (κ1) is 9.62. The van der Waals surface area contributed by atoms with Crippen LogP contribution in [0.4, 0.5) is 0 Å². The molecule has 4 heteroatoms. The van der Waals surface area contributed by atoms with Crippen LogP contribution in [-0.4, -0.2) is 15.3 Å². The maximum Gasteiger partial charge on any atom is 0.434 e. The van der Waals surface area contributed by atoms with Crippen LogP contribution < -0.4 is 0 Å². The van der Waals surface area contributed by atoms with Crippen molar-refractivity contribution < 1.29 is 9.30 Å². The average molecular weight is 159 g/mol. The monoisotopic (exact) mass is 159 g/mol. The molecule has 0 saturated carbocycles. The van der Waals surface area contributed by atoms with Gasteiger partial charge in [0.05, 0.1) is 0 Å². The Morgan fingerprint density at radius 3 is 2.30 bits per heavy atom. The fourth-order valence-electron chi connectivity index (χ4n) is 0.259. The minimum Gasteiger partial charge on any atom is -0.391 e. The van der Waals surface area contributed by atoms with Gasteiger partial charge >= 0.3 is 9.20 Å². The summed E-state index contributed by atoms with van der Waals surface area (Å²) in [5.41, 5.74) is 0.0587. The lowest BCUT2D eigenvalue weighted by Gasteiger charge is -2.23. The smallest absolute Gasteiger partial charge is 0.391 e. The summed E-state index contributed by atoms with van der Waals surface area (Å²) >= 11 is 0. The maximum absolute atomic E-state index is 9.90. The molecule has 0 aliphatic carbocycles. The van der Waals surface area contributed by atoms with Crippen molar-refractivity contribution >= 4 is 9.20 Å². The van der Waals surface area contributed by atoms with Crippen molar-refractivity contribution in [2.24, 2.45) is 10.2 Å². The first-order valence-electron chi connectivity index (χ1n) is 3.21. The van der Waals surface area contributed by atoms with E-state index >= 15 is 0 Å². The summed E-state index contributed by atoms with van der Waals surface area (Å²) in [6, 6.07) is 0. The van der Waals surface area contributed by atoms with E-state index in [2.05, 4.69) is 4.80 Å². The van der Waals surface area contributed by atoms with Gasteiger partial charge < -0.3 is 4.84 Å². The Labute approximate surface area is 63.3 Å². The quantitative estimate of drug-likeness (QED) is 0.453. The van der Waals surface area contributed by atoms with Crippen LogP contribution in [0.5, 0.6) is 0 Å². The Morgan fingerprint density at radius 1 is 1.50 bits per heavy atom. The van der Waals surface area contributed by atoms with Crippen molar-refractivity contribution in [2.75, 3.05) is 0 Å². The van der Waals surface area contributed by atoms with Crippen molar-refractivity contribution in [1.29, 1.82) is 0 Å². The second-order valence-corrected chi connectivity index (χ2v) is 3.66. The molecule has 0 heterocycles. The molecule has 1 unspecified atom stereocenters. The fourth-order valence-corrected chi connectivity index (χ4v) is 0.460. The molecular formula is C6H13NO2Si. The van der Waals surface area contributed by atoms with E-state index in [0.717, 1.165) is 0 Å². The van der Waals surface area contributed by atoms with Gasteiger partial charge in [-0.05, 0) is 6.92 Å². The minimum absolute atomic E-state index is 0.00829. The molecule has 0 aromatic heterocycles. The summed E-state index contributed by atoms with van der Waals surface area (Å²) in [7, 11) is -0.718. The first-order chi connectivity index (χ1) is 4.48. The molecular weight excluding hydrogens is 146 g/mol. The lowest BCUT2D eigenvalue weighted by atomic mass is 9.90. The standard InChI is InChI=1S/C6H13NO2Si/c1-5(6(2,3)4)9-7-10-8/h5H,1-4H3. The lowest BCUT2D eigenvalue weighted by molar-refractivity contribution is 0.0000450. The van der Waals surface area contributed by atoms with E-state index in [1.165, 1.54) is 0 Å². The van der Waals surface area contributed by atoms with E-state index in [1.807, 2.05) is 27.7 Å². The highest BCUT2D eigenvalue weighted by Crippen LogP contribution is 2.21. The second kappa shape index (κ2) is 3.70. The summed E-state index contributed by atoms with van der Waals surface area (Å²) in [5.74, 6) is 0. The molecule has 0 aliphatic heterocycles. The normalized spacial score (nSPS) is 13.6. The van der Waals surface area contributed by atoms with Gasteiger partial charge in [-0.1, -0.05) is 25.6 Å². The molecule has 3 nitrogen and oxygen atoms in total. The Kier molecular flexibility index (Phi) is 3.56. The van der Waals surface area contributed by atoms with Gasteiger partial charge in [0, 0.05) is 5.41 Å². The van der Waals surface area contributed by atoms with E-state index < -0.39 is 9.20 Å². The number of nitrogens with zero attached hydrogens (tertiary/aromatic N) is 1. The van der Waals surface area contributed by atoms with E-state index in [9.17, 15) is 4.46 Å². The Balaban J connectivity index is 3.84. The molecule has 0 aliphatic rings. The molecule has 10 heavy (non-hydrogen) atoms. The summed E-state index contributed by atoms with van der Waals surface area (Å²) in [5, 5.41) is 0. The molecule has 1 atom stereocenters. The third-order valence-electron chi connectivity index (χ3n) is 1.47. The molecule has 58 valence electrons. The zero-order valence-electron chi connectivity index (χ0n) is 6.84. The largest absolute Gasteiger partial charge is 0.434 e. The van der Waals surface area contributed by atoms with E-state index in [0.29, 0.717) is 0 Å². The van der Waals surface area contributed by atoms with Gasteiger partial charge in [0.1, 0.15) is 6.10 Å². The molecule has 0 fully saturated rings. The fraction of sp³-hybridized carbons (Fsp3) is 1.00. The predicted octanol–water partition coefficient (Wildman–Crippen LogP) is 1.59. The van der Waals surface area contributed by atoms with Crippen LogP contribution in [-0.2, 0) is 9.30 Å². The highest BCUT2D eigenvalue weighted by atomic mass is 28.2. The van der Waals surface area contributed by atoms with Gasteiger partial charge in [-0.15, -0.1) is 0 Å². The molecule has 0 N–H and O–H groups in total. The van der Waals surface area contributed by atoms with Crippen molar-refractivity contribution in [2.45, 2.75) is 33.8 Å². The SMILES string of the molecule is CC(ON=[Si]=O)C(C)(C)C. The van der Waals surface area contributed by atoms with Crippen LogP contribution in [0.3, 0.4) is 0 Å². The van der Waals surface area contributed by atoms with Gasteiger partial charge in [-0.2, -0.15) is 0 Å². The Hall–Kier alpha value is -0.383. The van der Waals surface area contributed by atoms with Crippen LogP contribution in [0.25, 0.3) is 0 Å². The molecule has 0 spiro atoms. The van der Waals surface area contributed by atoms with Crippen molar-refractivity contribution in [3.63, 3.8) is 0 Å². The summed E-state index contributed by atoms with van der Waals surface area (Å²) in [6.07, 6.45) is 0.00829. The van der Waals surface area contributed by atoms with Crippen LogP contribution in [0.15, 0.2) is 4.80 Å². The number of hydrogen-bond donors (Lipinski definition) is 0. The molecule has 0 rings (SSSR count). The third kappa shape index (κ3) is 3.61. The van der Waals surface area contributed by atoms with Crippen molar-refractivity contribution in [1.82, 2.24) is 0 Å². The maximum atomic E-state index is 9.90. The zero-order chi connectivity index (χ0) is 8.20. The van der Waals surface area contributed by atoms with Crippen LogP contribution >= 0.6 is 0 Å². The highest BCUT2D eigenvalue weighted by molar-refractivity contribution is 6.00. The lowest BCUT2D eigenvalue weighted by Crippen LogP contribution is -2.24. The second-order valence-electron chi connectivity index (χ2n) is 3.30. The zero-order valence-corrected chi connectivity index (χ0v) is 7.84. The Bertz CT molecular complexity index is 146. The highest BCUT2D eigenvalue weighted by Gasteiger charge is 2.21. The third-order valence-corrected chi connectivity index (χ3v) is 1.65. The molecule has 0 bridgehead atoms. The first-order valence-corrected chi connectivity index (χ1v) is 4.07. The summed E-state index contributed by atoms with van der Waals surface area (Å²) in [4.78, 5) is 8.19. The van der Waals surface area contributed by atoms with Crippen LogP contribution in [0.2, 0.25) is 0 Å². The summed E-state index contributed by atoms with van der Waals surface area (Å²) < 4.78 is 9.90. The molecule has 0 amide bonds.